The number of fused-ring (bicyclic) bond motifs is 1. The van der Waals surface area contributed by atoms with E-state index in [-0.39, 0.29) is 22.5 Å². The third kappa shape index (κ3) is 4.11. The molecule has 0 aliphatic heterocycles. The molecule has 0 unspecified atom stereocenters. The molecule has 1 heterocycles. The molecular formula is C24H17F2N3O3. The molecule has 0 spiro atoms. The molecule has 0 radical (unpaired) electrons. The van der Waals surface area contributed by atoms with Crippen LogP contribution in [0.25, 0.3) is 16.5 Å². The number of benzene rings is 3. The molecule has 8 heteroatoms. The highest BCUT2D eigenvalue weighted by molar-refractivity contribution is 6.12. The van der Waals surface area contributed by atoms with Gasteiger partial charge in [-0.15, -0.1) is 0 Å². The highest BCUT2D eigenvalue weighted by Crippen LogP contribution is 2.22. The van der Waals surface area contributed by atoms with Gasteiger partial charge in [0.25, 0.3) is 11.5 Å². The van der Waals surface area contributed by atoms with Gasteiger partial charge in [-0.3, -0.25) is 19.0 Å². The lowest BCUT2D eigenvalue weighted by Crippen LogP contribution is -2.23. The van der Waals surface area contributed by atoms with E-state index in [1.54, 1.807) is 42.5 Å². The molecule has 0 aliphatic carbocycles. The summed E-state index contributed by atoms with van der Waals surface area (Å²) >= 11 is 0. The number of carbonyl (C=O) groups excluding carboxylic acids is 2. The van der Waals surface area contributed by atoms with Crippen molar-refractivity contribution in [3.8, 4) is 5.69 Å². The van der Waals surface area contributed by atoms with Crippen LogP contribution >= 0.6 is 0 Å². The minimum Gasteiger partial charge on any atom is -0.326 e. The van der Waals surface area contributed by atoms with Crippen molar-refractivity contribution < 1.29 is 18.4 Å². The second kappa shape index (κ2) is 8.43. The first kappa shape index (κ1) is 20.9. The summed E-state index contributed by atoms with van der Waals surface area (Å²) in [7, 11) is 0. The number of aromatic nitrogens is 1. The number of anilines is 2. The molecule has 0 saturated carbocycles. The number of nitrogens with one attached hydrogen (secondary N) is 2. The Balaban J connectivity index is 1.82. The largest absolute Gasteiger partial charge is 0.326 e. The Kier molecular flexibility index (Phi) is 5.51. The summed E-state index contributed by atoms with van der Waals surface area (Å²) in [6, 6.07) is 15.9. The molecule has 0 saturated heterocycles. The third-order valence-corrected chi connectivity index (χ3v) is 4.78. The van der Waals surface area contributed by atoms with E-state index in [1.807, 2.05) is 0 Å². The molecule has 32 heavy (non-hydrogen) atoms. The van der Waals surface area contributed by atoms with Crippen LogP contribution in [0.5, 0.6) is 0 Å². The van der Waals surface area contributed by atoms with Gasteiger partial charge < -0.3 is 10.6 Å². The van der Waals surface area contributed by atoms with E-state index in [1.165, 1.54) is 19.2 Å². The number of hydrogen-bond acceptors (Lipinski definition) is 3. The molecular weight excluding hydrogens is 416 g/mol. The fourth-order valence-electron chi connectivity index (χ4n) is 3.40. The first-order valence-corrected chi connectivity index (χ1v) is 9.62. The molecule has 0 fully saturated rings. The summed E-state index contributed by atoms with van der Waals surface area (Å²) in [5.41, 5.74) is 0.308. The van der Waals surface area contributed by atoms with Crippen LogP contribution in [0, 0.1) is 11.6 Å². The number of pyridine rings is 1. The Bertz CT molecular complexity index is 1430. The van der Waals surface area contributed by atoms with Crippen molar-refractivity contribution in [2.75, 3.05) is 10.6 Å². The van der Waals surface area contributed by atoms with E-state index in [2.05, 4.69) is 10.6 Å². The van der Waals surface area contributed by atoms with Gasteiger partial charge in [-0.25, -0.2) is 8.78 Å². The average molecular weight is 433 g/mol. The van der Waals surface area contributed by atoms with Crippen LogP contribution in [0.2, 0.25) is 0 Å². The van der Waals surface area contributed by atoms with Crippen molar-refractivity contribution in [1.29, 1.82) is 0 Å². The van der Waals surface area contributed by atoms with Crippen LogP contribution in [0.4, 0.5) is 20.2 Å². The lowest BCUT2D eigenvalue weighted by Gasteiger charge is -2.14. The summed E-state index contributed by atoms with van der Waals surface area (Å²) in [6.45, 7) is 1.37. The summed E-state index contributed by atoms with van der Waals surface area (Å²) in [5, 5.41) is 5.94. The first-order chi connectivity index (χ1) is 15.3. The molecule has 0 aliphatic rings. The summed E-state index contributed by atoms with van der Waals surface area (Å²) in [6.07, 6.45) is 1.23. The zero-order valence-electron chi connectivity index (χ0n) is 16.9. The third-order valence-electron chi connectivity index (χ3n) is 4.78. The standard InChI is InChI=1S/C24H17F2N3O3/c1-14(30)27-16-5-4-6-17(12-16)28-23(31)20-13-29(22-10-9-15(25)11-21(22)26)24(32)19-8-3-2-7-18(19)20/h2-13H,1H3,(H,27,30)(H,28,31). The van der Waals surface area contributed by atoms with Crippen LogP contribution in [-0.2, 0) is 4.79 Å². The maximum absolute atomic E-state index is 14.4. The molecule has 4 rings (SSSR count). The monoisotopic (exact) mass is 433 g/mol. The summed E-state index contributed by atoms with van der Waals surface area (Å²) < 4.78 is 28.8. The zero-order valence-corrected chi connectivity index (χ0v) is 16.9. The second-order valence-corrected chi connectivity index (χ2v) is 7.08. The van der Waals surface area contributed by atoms with Crippen molar-refractivity contribution in [1.82, 2.24) is 4.57 Å². The van der Waals surface area contributed by atoms with Crippen LogP contribution < -0.4 is 16.2 Å². The smallest absolute Gasteiger partial charge is 0.263 e. The van der Waals surface area contributed by atoms with Gasteiger partial charge in [0.15, 0.2) is 0 Å². The SMILES string of the molecule is CC(=O)Nc1cccc(NC(=O)c2cn(-c3ccc(F)cc3F)c(=O)c3ccccc23)c1. The highest BCUT2D eigenvalue weighted by atomic mass is 19.1. The van der Waals surface area contributed by atoms with Crippen LogP contribution in [-0.4, -0.2) is 16.4 Å². The van der Waals surface area contributed by atoms with Crippen molar-refractivity contribution in [2.45, 2.75) is 6.92 Å². The van der Waals surface area contributed by atoms with E-state index >= 15 is 0 Å². The van der Waals surface area contributed by atoms with Gasteiger partial charge in [-0.1, -0.05) is 24.3 Å². The van der Waals surface area contributed by atoms with Crippen molar-refractivity contribution in [3.63, 3.8) is 0 Å². The van der Waals surface area contributed by atoms with E-state index < -0.39 is 23.1 Å². The maximum Gasteiger partial charge on any atom is 0.263 e. The predicted molar refractivity (Wildman–Crippen MR) is 118 cm³/mol. The topological polar surface area (TPSA) is 80.2 Å². The Morgan fingerprint density at radius 2 is 1.53 bits per heavy atom. The van der Waals surface area contributed by atoms with Crippen molar-refractivity contribution >= 4 is 34.0 Å². The minimum atomic E-state index is -0.934. The Hall–Kier alpha value is -4.33. The van der Waals surface area contributed by atoms with Gasteiger partial charge in [0, 0.05) is 41.3 Å². The van der Waals surface area contributed by atoms with Gasteiger partial charge in [0.05, 0.1) is 11.3 Å². The fraction of sp³-hybridized carbons (Fsp3) is 0.0417. The van der Waals surface area contributed by atoms with E-state index in [4.69, 9.17) is 0 Å². The van der Waals surface area contributed by atoms with Gasteiger partial charge in [-0.05, 0) is 36.4 Å². The quantitative estimate of drug-likeness (QED) is 0.498. The van der Waals surface area contributed by atoms with Gasteiger partial charge >= 0.3 is 0 Å². The van der Waals surface area contributed by atoms with Crippen LogP contribution in [0.15, 0.2) is 77.7 Å². The van der Waals surface area contributed by atoms with Crippen LogP contribution in [0.1, 0.15) is 17.3 Å². The number of nitrogens with zero attached hydrogens (tertiary/aromatic N) is 1. The Morgan fingerprint density at radius 1 is 0.844 bits per heavy atom. The molecule has 160 valence electrons. The maximum atomic E-state index is 14.4. The zero-order chi connectivity index (χ0) is 22.8. The van der Waals surface area contributed by atoms with Crippen LogP contribution in [0.3, 0.4) is 0 Å². The molecule has 2 amide bonds. The van der Waals surface area contributed by atoms with E-state index in [9.17, 15) is 23.2 Å². The molecule has 2 N–H and O–H groups in total. The van der Waals surface area contributed by atoms with Crippen molar-refractivity contribution in [3.05, 3.63) is 100 Å². The fourth-order valence-corrected chi connectivity index (χ4v) is 3.40. The molecule has 0 bridgehead atoms. The number of hydrogen-bond donors (Lipinski definition) is 2. The first-order valence-electron chi connectivity index (χ1n) is 9.62. The highest BCUT2D eigenvalue weighted by Gasteiger charge is 2.17. The Labute approximate surface area is 181 Å². The molecule has 6 nitrogen and oxygen atoms in total. The Morgan fingerprint density at radius 3 is 2.22 bits per heavy atom. The molecule has 4 aromatic rings. The number of rotatable bonds is 4. The van der Waals surface area contributed by atoms with Gasteiger partial charge in [0.1, 0.15) is 11.6 Å². The molecule has 1 aromatic heterocycles. The normalized spacial score (nSPS) is 10.7. The van der Waals surface area contributed by atoms with E-state index in [0.717, 1.165) is 16.7 Å². The lowest BCUT2D eigenvalue weighted by molar-refractivity contribution is -0.114. The lowest BCUT2D eigenvalue weighted by atomic mass is 10.1. The number of halogens is 2. The molecule has 3 aromatic carbocycles. The number of amides is 2. The molecule has 0 atom stereocenters. The van der Waals surface area contributed by atoms with Gasteiger partial charge in [-0.2, -0.15) is 0 Å². The predicted octanol–water partition coefficient (Wildman–Crippen LogP) is 4.48. The minimum absolute atomic E-state index is 0.119. The van der Waals surface area contributed by atoms with Gasteiger partial charge in [0.2, 0.25) is 5.91 Å². The summed E-state index contributed by atoms with van der Waals surface area (Å²) in [4.78, 5) is 37.4. The second-order valence-electron chi connectivity index (χ2n) is 7.08. The van der Waals surface area contributed by atoms with E-state index in [0.29, 0.717) is 22.8 Å². The number of carbonyl (C=O) groups is 2. The average Bonchev–Trinajstić information content (AvgIpc) is 2.74. The summed E-state index contributed by atoms with van der Waals surface area (Å²) in [5.74, 6) is -2.51. The van der Waals surface area contributed by atoms with Crippen molar-refractivity contribution in [2.24, 2.45) is 0 Å².